The van der Waals surface area contributed by atoms with Gasteiger partial charge in [0.2, 0.25) is 5.91 Å². The Morgan fingerprint density at radius 3 is 2.75 bits per heavy atom. The van der Waals surface area contributed by atoms with Gasteiger partial charge in [0, 0.05) is 16.6 Å². The average molecular weight is 290 g/mol. The lowest BCUT2D eigenvalue weighted by Crippen LogP contribution is -2.48. The average Bonchev–Trinajstić information content (AvgIpc) is 2.47. The first-order chi connectivity index (χ1) is 9.70. The molecule has 1 aliphatic heterocycles. The van der Waals surface area contributed by atoms with Crippen molar-refractivity contribution >= 4 is 29.0 Å². The Bertz CT molecular complexity index is 511. The van der Waals surface area contributed by atoms with Crippen molar-refractivity contribution in [3.63, 3.8) is 0 Å². The highest BCUT2D eigenvalue weighted by molar-refractivity contribution is 8.01. The smallest absolute Gasteiger partial charge is 0.240 e. The normalized spacial score (nSPS) is 23.8. The van der Waals surface area contributed by atoms with Gasteiger partial charge in [-0.3, -0.25) is 4.79 Å². The Morgan fingerprint density at radius 1 is 1.30 bits per heavy atom. The molecule has 1 saturated carbocycles. The summed E-state index contributed by atoms with van der Waals surface area (Å²) in [7, 11) is 0. The molecule has 1 unspecified atom stereocenters. The van der Waals surface area contributed by atoms with Gasteiger partial charge in [-0.1, -0.05) is 26.2 Å². The van der Waals surface area contributed by atoms with E-state index in [9.17, 15) is 4.79 Å². The van der Waals surface area contributed by atoms with Crippen molar-refractivity contribution in [1.82, 2.24) is 0 Å². The van der Waals surface area contributed by atoms with E-state index in [4.69, 9.17) is 5.73 Å². The number of carbonyl (C=O) groups excluding carboxylic acids is 1. The monoisotopic (exact) mass is 290 g/mol. The molecule has 0 saturated heterocycles. The van der Waals surface area contributed by atoms with Crippen molar-refractivity contribution < 1.29 is 4.79 Å². The van der Waals surface area contributed by atoms with Crippen LogP contribution in [0.2, 0.25) is 0 Å². The molecule has 1 heterocycles. The van der Waals surface area contributed by atoms with E-state index in [1.54, 1.807) is 11.8 Å². The quantitative estimate of drug-likeness (QED) is 0.842. The predicted octanol–water partition coefficient (Wildman–Crippen LogP) is 3.82. The number of benzene rings is 1. The van der Waals surface area contributed by atoms with Crippen LogP contribution in [0.25, 0.3) is 0 Å². The minimum absolute atomic E-state index is 0.0474. The Hall–Kier alpha value is -1.16. The first-order valence-corrected chi connectivity index (χ1v) is 8.48. The minimum atomic E-state index is 0.0474. The molecule has 108 valence electrons. The van der Waals surface area contributed by atoms with E-state index in [-0.39, 0.29) is 5.25 Å². The molecule has 0 radical (unpaired) electrons. The van der Waals surface area contributed by atoms with Crippen LogP contribution in [0, 0.1) is 0 Å². The topological polar surface area (TPSA) is 46.3 Å². The maximum Gasteiger partial charge on any atom is 0.240 e. The van der Waals surface area contributed by atoms with Gasteiger partial charge in [-0.2, -0.15) is 0 Å². The highest BCUT2D eigenvalue weighted by Crippen LogP contribution is 2.43. The summed E-state index contributed by atoms with van der Waals surface area (Å²) in [5.41, 5.74) is 7.77. The standard InChI is InChI=1S/C16H22N2OS/c1-2-14-16(19)18(12-6-4-3-5-7-12)13-9-8-11(17)10-15(13)20-14/h8-10,12,14H,2-7,17H2,1H3. The SMILES string of the molecule is CCC1Sc2cc(N)ccc2N(C2CCCCC2)C1=O. The number of nitrogen functional groups attached to an aromatic ring is 1. The second-order valence-electron chi connectivity index (χ2n) is 5.74. The lowest BCUT2D eigenvalue weighted by Gasteiger charge is -2.40. The van der Waals surface area contributed by atoms with Gasteiger partial charge in [0.05, 0.1) is 10.9 Å². The number of carbonyl (C=O) groups is 1. The minimum Gasteiger partial charge on any atom is -0.399 e. The van der Waals surface area contributed by atoms with Crippen LogP contribution in [-0.2, 0) is 4.79 Å². The van der Waals surface area contributed by atoms with Crippen LogP contribution in [0.5, 0.6) is 0 Å². The summed E-state index contributed by atoms with van der Waals surface area (Å²) in [6.45, 7) is 2.09. The van der Waals surface area contributed by atoms with E-state index >= 15 is 0 Å². The van der Waals surface area contributed by atoms with Crippen molar-refractivity contribution in [1.29, 1.82) is 0 Å². The van der Waals surface area contributed by atoms with Crippen LogP contribution in [0.1, 0.15) is 45.4 Å². The lowest BCUT2D eigenvalue weighted by molar-refractivity contribution is -0.118. The molecule has 20 heavy (non-hydrogen) atoms. The highest BCUT2D eigenvalue weighted by Gasteiger charge is 2.36. The lowest BCUT2D eigenvalue weighted by atomic mass is 9.93. The van der Waals surface area contributed by atoms with E-state index in [1.165, 1.54) is 24.2 Å². The summed E-state index contributed by atoms with van der Waals surface area (Å²) in [5.74, 6) is 0.293. The number of hydrogen-bond donors (Lipinski definition) is 1. The highest BCUT2D eigenvalue weighted by atomic mass is 32.2. The number of fused-ring (bicyclic) bond motifs is 1. The zero-order valence-corrected chi connectivity index (χ0v) is 12.8. The predicted molar refractivity (Wildman–Crippen MR) is 85.1 cm³/mol. The van der Waals surface area contributed by atoms with E-state index in [0.29, 0.717) is 11.9 Å². The fraction of sp³-hybridized carbons (Fsp3) is 0.562. The van der Waals surface area contributed by atoms with Crippen LogP contribution in [0.15, 0.2) is 23.1 Å². The third kappa shape index (κ3) is 2.41. The van der Waals surface area contributed by atoms with E-state index in [2.05, 4.69) is 11.8 Å². The zero-order valence-electron chi connectivity index (χ0n) is 12.0. The van der Waals surface area contributed by atoms with Crippen molar-refractivity contribution in [2.24, 2.45) is 0 Å². The Balaban J connectivity index is 1.99. The Kier molecular flexibility index (Phi) is 3.92. The molecule has 2 aliphatic rings. The van der Waals surface area contributed by atoms with Crippen molar-refractivity contribution in [3.05, 3.63) is 18.2 Å². The van der Waals surface area contributed by atoms with Gasteiger partial charge in [-0.05, 0) is 37.5 Å². The van der Waals surface area contributed by atoms with Gasteiger partial charge in [0.1, 0.15) is 0 Å². The maximum atomic E-state index is 12.8. The molecule has 0 bridgehead atoms. The molecule has 2 N–H and O–H groups in total. The van der Waals surface area contributed by atoms with Gasteiger partial charge in [-0.15, -0.1) is 11.8 Å². The molecular weight excluding hydrogens is 268 g/mol. The van der Waals surface area contributed by atoms with E-state index in [1.807, 2.05) is 18.2 Å². The molecule has 1 aliphatic carbocycles. The summed E-state index contributed by atoms with van der Waals surface area (Å²) < 4.78 is 0. The summed E-state index contributed by atoms with van der Waals surface area (Å²) >= 11 is 1.68. The number of nitrogens with two attached hydrogens (primary N) is 1. The summed E-state index contributed by atoms with van der Waals surface area (Å²) in [5, 5.41) is 0.0474. The van der Waals surface area contributed by atoms with Crippen LogP contribution in [0.4, 0.5) is 11.4 Å². The van der Waals surface area contributed by atoms with Gasteiger partial charge in [0.15, 0.2) is 0 Å². The number of thioether (sulfide) groups is 1. The van der Waals surface area contributed by atoms with Gasteiger partial charge in [-0.25, -0.2) is 0 Å². The summed E-state index contributed by atoms with van der Waals surface area (Å²) in [4.78, 5) is 16.0. The first kappa shape index (κ1) is 13.8. The fourth-order valence-corrected chi connectivity index (χ4v) is 4.45. The van der Waals surface area contributed by atoms with Crippen LogP contribution >= 0.6 is 11.8 Å². The van der Waals surface area contributed by atoms with Crippen molar-refractivity contribution in [2.75, 3.05) is 10.6 Å². The molecule has 1 amide bonds. The van der Waals surface area contributed by atoms with E-state index in [0.717, 1.165) is 30.6 Å². The van der Waals surface area contributed by atoms with Gasteiger partial charge >= 0.3 is 0 Å². The van der Waals surface area contributed by atoms with Crippen LogP contribution in [0.3, 0.4) is 0 Å². The van der Waals surface area contributed by atoms with E-state index < -0.39 is 0 Å². The maximum absolute atomic E-state index is 12.8. The molecule has 1 aromatic carbocycles. The Labute approximate surface area is 124 Å². The molecular formula is C16H22N2OS. The number of anilines is 2. The first-order valence-electron chi connectivity index (χ1n) is 7.60. The summed E-state index contributed by atoms with van der Waals surface area (Å²) in [6.07, 6.45) is 6.93. The van der Waals surface area contributed by atoms with Crippen molar-refractivity contribution in [3.8, 4) is 0 Å². The fourth-order valence-electron chi connectivity index (χ4n) is 3.28. The molecule has 3 rings (SSSR count). The third-order valence-electron chi connectivity index (χ3n) is 4.34. The summed E-state index contributed by atoms with van der Waals surface area (Å²) in [6, 6.07) is 6.34. The molecule has 0 spiro atoms. The molecule has 0 aromatic heterocycles. The number of nitrogens with zero attached hydrogens (tertiary/aromatic N) is 1. The number of hydrogen-bond acceptors (Lipinski definition) is 3. The molecule has 4 heteroatoms. The molecule has 1 aromatic rings. The molecule has 1 fully saturated rings. The Morgan fingerprint density at radius 2 is 2.05 bits per heavy atom. The number of rotatable bonds is 2. The molecule has 3 nitrogen and oxygen atoms in total. The second-order valence-corrected chi connectivity index (χ2v) is 6.99. The molecule has 1 atom stereocenters. The number of amides is 1. The second kappa shape index (κ2) is 5.68. The third-order valence-corrected chi connectivity index (χ3v) is 5.74. The largest absolute Gasteiger partial charge is 0.399 e. The van der Waals surface area contributed by atoms with Gasteiger partial charge in [0.25, 0.3) is 0 Å². The van der Waals surface area contributed by atoms with Crippen LogP contribution in [-0.4, -0.2) is 17.2 Å². The van der Waals surface area contributed by atoms with Crippen molar-refractivity contribution in [2.45, 2.75) is 61.6 Å². The zero-order chi connectivity index (χ0) is 14.1. The van der Waals surface area contributed by atoms with Crippen LogP contribution < -0.4 is 10.6 Å². The van der Waals surface area contributed by atoms with Gasteiger partial charge < -0.3 is 10.6 Å².